The second-order valence-electron chi connectivity index (χ2n) is 8.85. The molecule has 1 saturated heterocycles. The van der Waals surface area contributed by atoms with Crippen LogP contribution in [0.3, 0.4) is 0 Å². The molecular weight excluding hydrogens is 419 g/mol. The van der Waals surface area contributed by atoms with E-state index in [1.807, 2.05) is 0 Å². The number of benzene rings is 1. The Morgan fingerprint density at radius 1 is 1.33 bits per heavy atom. The first-order valence-corrected chi connectivity index (χ1v) is 11.7. The zero-order chi connectivity index (χ0) is 23.1. The maximum Gasteiger partial charge on any atom is 0.237 e. The Bertz CT molecular complexity index is 1040. The van der Waals surface area contributed by atoms with Gasteiger partial charge in [0.15, 0.2) is 0 Å². The molecule has 1 aromatic heterocycles. The molecule has 2 fully saturated rings. The summed E-state index contributed by atoms with van der Waals surface area (Å²) in [6.07, 6.45) is 7.53. The van der Waals surface area contributed by atoms with Crippen LogP contribution in [-0.4, -0.2) is 41.6 Å². The molecule has 1 aromatic carbocycles. The molecule has 1 spiro atoms. The predicted octanol–water partition coefficient (Wildman–Crippen LogP) is 3.57. The standard InChI is InChI=1S/C25H31FN6O/c1-2-12-27-22-18(16-29-24(32-22)31-20-9-6-8-19(26)14-20)7-4-3-5-13-28-23(33)21-15-25(10-11-25)17-30-21/h6,8-9,14,16,21,30H,2-3,5,10-13,15,17H2,1H3,(H,28,33)(H2,27,29,31,32). The lowest BCUT2D eigenvalue weighted by Gasteiger charge is -2.10. The number of unbranched alkanes of at least 4 members (excludes halogenated alkanes) is 1. The molecule has 1 saturated carbocycles. The van der Waals surface area contributed by atoms with Crippen LogP contribution in [-0.2, 0) is 4.79 Å². The summed E-state index contributed by atoms with van der Waals surface area (Å²) in [5.74, 6) is 7.09. The number of amides is 1. The molecule has 2 heterocycles. The second-order valence-corrected chi connectivity index (χ2v) is 8.85. The zero-order valence-corrected chi connectivity index (χ0v) is 19.0. The molecule has 1 aliphatic carbocycles. The van der Waals surface area contributed by atoms with Crippen LogP contribution in [0.1, 0.15) is 51.0 Å². The number of rotatable bonds is 9. The summed E-state index contributed by atoms with van der Waals surface area (Å²) >= 11 is 0. The monoisotopic (exact) mass is 450 g/mol. The van der Waals surface area contributed by atoms with Crippen molar-refractivity contribution in [2.45, 2.75) is 51.5 Å². The molecule has 8 heteroatoms. The molecule has 2 aromatic rings. The molecule has 174 valence electrons. The van der Waals surface area contributed by atoms with E-state index >= 15 is 0 Å². The number of nitrogens with zero attached hydrogens (tertiary/aromatic N) is 2. The van der Waals surface area contributed by atoms with Gasteiger partial charge in [-0.25, -0.2) is 9.37 Å². The molecular formula is C25H31FN6O. The summed E-state index contributed by atoms with van der Waals surface area (Å²) in [4.78, 5) is 21.1. The Labute approximate surface area is 194 Å². The maximum absolute atomic E-state index is 13.4. The lowest BCUT2D eigenvalue weighted by molar-refractivity contribution is -0.122. The fourth-order valence-corrected chi connectivity index (χ4v) is 3.94. The van der Waals surface area contributed by atoms with E-state index in [0.29, 0.717) is 41.4 Å². The topological polar surface area (TPSA) is 91.0 Å². The minimum absolute atomic E-state index is 0.0394. The number of nitrogens with one attached hydrogen (secondary N) is 4. The Hall–Kier alpha value is -3.18. The van der Waals surface area contributed by atoms with Crippen LogP contribution in [0.15, 0.2) is 30.5 Å². The van der Waals surface area contributed by atoms with E-state index in [0.717, 1.165) is 32.4 Å². The van der Waals surface area contributed by atoms with Crippen molar-refractivity contribution >= 4 is 23.4 Å². The second kappa shape index (κ2) is 10.6. The Balaban J connectivity index is 1.28. The van der Waals surface area contributed by atoms with Crippen LogP contribution in [0.25, 0.3) is 0 Å². The minimum atomic E-state index is -0.325. The first kappa shape index (κ1) is 23.0. The number of hydrogen-bond donors (Lipinski definition) is 4. The van der Waals surface area contributed by atoms with Crippen LogP contribution >= 0.6 is 0 Å². The van der Waals surface area contributed by atoms with E-state index in [9.17, 15) is 9.18 Å². The molecule has 1 atom stereocenters. The third kappa shape index (κ3) is 6.42. The lowest BCUT2D eigenvalue weighted by atomic mass is 10.0. The first-order chi connectivity index (χ1) is 16.1. The van der Waals surface area contributed by atoms with E-state index in [-0.39, 0.29) is 17.8 Å². The van der Waals surface area contributed by atoms with E-state index in [1.165, 1.54) is 25.0 Å². The Morgan fingerprint density at radius 3 is 2.97 bits per heavy atom. The van der Waals surface area contributed by atoms with Gasteiger partial charge in [0, 0.05) is 31.7 Å². The largest absolute Gasteiger partial charge is 0.369 e. The zero-order valence-electron chi connectivity index (χ0n) is 19.0. The van der Waals surface area contributed by atoms with Crippen molar-refractivity contribution in [3.63, 3.8) is 0 Å². The molecule has 0 bridgehead atoms. The van der Waals surface area contributed by atoms with Gasteiger partial charge in [-0.05, 0) is 55.7 Å². The van der Waals surface area contributed by atoms with Crippen LogP contribution in [0.4, 0.5) is 21.8 Å². The van der Waals surface area contributed by atoms with Crippen molar-refractivity contribution < 1.29 is 9.18 Å². The summed E-state index contributed by atoms with van der Waals surface area (Å²) in [6.45, 7) is 4.43. The minimum Gasteiger partial charge on any atom is -0.369 e. The smallest absolute Gasteiger partial charge is 0.237 e. The van der Waals surface area contributed by atoms with E-state index in [2.05, 4.69) is 50.0 Å². The maximum atomic E-state index is 13.4. The highest BCUT2D eigenvalue weighted by molar-refractivity contribution is 5.82. The van der Waals surface area contributed by atoms with Crippen molar-refractivity contribution in [1.82, 2.24) is 20.6 Å². The van der Waals surface area contributed by atoms with Gasteiger partial charge in [-0.2, -0.15) is 4.98 Å². The van der Waals surface area contributed by atoms with E-state index in [1.54, 1.807) is 18.3 Å². The number of halogens is 1. The highest BCUT2D eigenvalue weighted by Crippen LogP contribution is 2.51. The third-order valence-corrected chi connectivity index (χ3v) is 6.05. The fourth-order valence-electron chi connectivity index (χ4n) is 3.94. The van der Waals surface area contributed by atoms with Gasteiger partial charge in [-0.3, -0.25) is 4.79 Å². The number of hydrogen-bond acceptors (Lipinski definition) is 6. The summed E-state index contributed by atoms with van der Waals surface area (Å²) < 4.78 is 13.4. The summed E-state index contributed by atoms with van der Waals surface area (Å²) in [5.41, 5.74) is 1.71. The molecule has 1 aliphatic heterocycles. The highest BCUT2D eigenvalue weighted by Gasteiger charge is 2.49. The molecule has 0 radical (unpaired) electrons. The van der Waals surface area contributed by atoms with Crippen LogP contribution in [0.5, 0.6) is 0 Å². The molecule has 4 rings (SSSR count). The van der Waals surface area contributed by atoms with Gasteiger partial charge in [0.1, 0.15) is 11.6 Å². The van der Waals surface area contributed by atoms with Crippen LogP contribution in [0.2, 0.25) is 0 Å². The number of carbonyl (C=O) groups excluding carboxylic acids is 1. The van der Waals surface area contributed by atoms with E-state index in [4.69, 9.17) is 0 Å². The van der Waals surface area contributed by atoms with Gasteiger partial charge in [-0.1, -0.05) is 24.8 Å². The van der Waals surface area contributed by atoms with Gasteiger partial charge in [0.2, 0.25) is 11.9 Å². The fraction of sp³-hybridized carbons (Fsp3) is 0.480. The molecule has 1 unspecified atom stereocenters. The van der Waals surface area contributed by atoms with Crippen molar-refractivity contribution in [3.05, 3.63) is 41.8 Å². The lowest BCUT2D eigenvalue weighted by Crippen LogP contribution is -2.40. The Morgan fingerprint density at radius 2 is 2.21 bits per heavy atom. The van der Waals surface area contributed by atoms with Crippen LogP contribution < -0.4 is 21.3 Å². The predicted molar refractivity (Wildman–Crippen MR) is 128 cm³/mol. The SMILES string of the molecule is CCCNc1nc(Nc2cccc(F)c2)ncc1C#CCCCNC(=O)C1CC2(CC2)CN1. The van der Waals surface area contributed by atoms with Crippen molar-refractivity contribution in [2.75, 3.05) is 30.3 Å². The van der Waals surface area contributed by atoms with E-state index < -0.39 is 0 Å². The average Bonchev–Trinajstić information content (AvgIpc) is 3.43. The van der Waals surface area contributed by atoms with Crippen molar-refractivity contribution in [3.8, 4) is 11.8 Å². The molecule has 4 N–H and O–H groups in total. The van der Waals surface area contributed by atoms with Gasteiger partial charge in [0.25, 0.3) is 0 Å². The molecule has 7 nitrogen and oxygen atoms in total. The Kier molecular flexibility index (Phi) is 7.40. The highest BCUT2D eigenvalue weighted by atomic mass is 19.1. The normalized spacial score (nSPS) is 17.8. The summed E-state index contributed by atoms with van der Waals surface area (Å²) in [6, 6.07) is 6.12. The average molecular weight is 451 g/mol. The van der Waals surface area contributed by atoms with Crippen molar-refractivity contribution in [2.24, 2.45) is 5.41 Å². The number of aromatic nitrogens is 2. The van der Waals surface area contributed by atoms with Gasteiger partial charge in [-0.15, -0.1) is 0 Å². The van der Waals surface area contributed by atoms with Crippen LogP contribution in [0, 0.1) is 23.1 Å². The van der Waals surface area contributed by atoms with Gasteiger partial charge >= 0.3 is 0 Å². The van der Waals surface area contributed by atoms with Gasteiger partial charge < -0.3 is 21.3 Å². The summed E-state index contributed by atoms with van der Waals surface area (Å²) in [5, 5.41) is 12.7. The quantitative estimate of drug-likeness (QED) is 0.345. The molecule has 33 heavy (non-hydrogen) atoms. The summed E-state index contributed by atoms with van der Waals surface area (Å²) in [7, 11) is 0. The number of anilines is 3. The van der Waals surface area contributed by atoms with Crippen molar-refractivity contribution in [1.29, 1.82) is 0 Å². The molecule has 1 amide bonds. The first-order valence-electron chi connectivity index (χ1n) is 11.7. The number of carbonyl (C=O) groups is 1. The van der Waals surface area contributed by atoms with Gasteiger partial charge in [0.05, 0.1) is 17.8 Å². The third-order valence-electron chi connectivity index (χ3n) is 6.05. The molecule has 2 aliphatic rings.